The van der Waals surface area contributed by atoms with E-state index in [4.69, 9.17) is 5.73 Å². The normalized spacial score (nSPS) is 10.3. The van der Waals surface area contributed by atoms with E-state index in [1.54, 1.807) is 29.2 Å². The van der Waals surface area contributed by atoms with Gasteiger partial charge in [0.05, 0.1) is 25.2 Å². The lowest BCUT2D eigenvalue weighted by Crippen LogP contribution is -2.01. The molecule has 0 aliphatic carbocycles. The molecule has 0 atom stereocenters. The summed E-state index contributed by atoms with van der Waals surface area (Å²) in [5.41, 5.74) is 7.13. The van der Waals surface area contributed by atoms with E-state index in [0.717, 1.165) is 5.56 Å². The van der Waals surface area contributed by atoms with Crippen molar-refractivity contribution < 1.29 is 9.53 Å². The van der Waals surface area contributed by atoms with Crippen LogP contribution in [0.25, 0.3) is 5.82 Å². The first-order valence-electron chi connectivity index (χ1n) is 5.51. The number of nitrogens with two attached hydrogens (primary N) is 1. The Morgan fingerprint density at radius 1 is 1.44 bits per heavy atom. The van der Waals surface area contributed by atoms with Crippen molar-refractivity contribution in [3.63, 3.8) is 0 Å². The van der Waals surface area contributed by atoms with Crippen LogP contribution in [-0.4, -0.2) is 27.8 Å². The van der Waals surface area contributed by atoms with Gasteiger partial charge in [-0.15, -0.1) is 0 Å². The number of nitrogen functional groups attached to an aromatic ring is 1. The van der Waals surface area contributed by atoms with Crippen molar-refractivity contribution in [1.29, 1.82) is 0 Å². The smallest absolute Gasteiger partial charge is 0.305 e. The van der Waals surface area contributed by atoms with Gasteiger partial charge in [-0.3, -0.25) is 4.79 Å². The van der Waals surface area contributed by atoms with Gasteiger partial charge in [-0.05, 0) is 24.1 Å². The second kappa shape index (κ2) is 5.31. The van der Waals surface area contributed by atoms with Crippen molar-refractivity contribution in [2.75, 3.05) is 12.8 Å². The number of nitrogens with zero attached hydrogens (tertiary/aromatic N) is 3. The largest absolute Gasteiger partial charge is 0.469 e. The quantitative estimate of drug-likeness (QED) is 0.812. The average Bonchev–Trinajstić information content (AvgIpc) is 2.85. The predicted octanol–water partition coefficient (Wildman–Crippen LogP) is 0.955. The van der Waals surface area contributed by atoms with Gasteiger partial charge in [0.2, 0.25) is 0 Å². The van der Waals surface area contributed by atoms with E-state index in [-0.39, 0.29) is 5.97 Å². The molecular formula is C12H14N4O2. The molecule has 2 aromatic rings. The SMILES string of the molecule is COC(=O)CCc1cnn(-c2ccc(N)cn2)c1. The molecule has 6 nitrogen and oxygen atoms in total. The molecule has 0 saturated carbocycles. The lowest BCUT2D eigenvalue weighted by molar-refractivity contribution is -0.140. The van der Waals surface area contributed by atoms with Gasteiger partial charge in [-0.2, -0.15) is 5.10 Å². The van der Waals surface area contributed by atoms with Crippen LogP contribution in [0.4, 0.5) is 5.69 Å². The van der Waals surface area contributed by atoms with Crippen molar-refractivity contribution in [2.45, 2.75) is 12.8 Å². The second-order valence-electron chi connectivity index (χ2n) is 3.82. The molecule has 0 aliphatic heterocycles. The third-order valence-electron chi connectivity index (χ3n) is 2.49. The maximum atomic E-state index is 11.0. The number of carbonyl (C=O) groups is 1. The van der Waals surface area contributed by atoms with Gasteiger partial charge >= 0.3 is 5.97 Å². The Bertz CT molecular complexity index is 533. The molecule has 0 bridgehead atoms. The number of carbonyl (C=O) groups excluding carboxylic acids is 1. The second-order valence-corrected chi connectivity index (χ2v) is 3.82. The van der Waals surface area contributed by atoms with Crippen LogP contribution in [-0.2, 0) is 16.0 Å². The first kappa shape index (κ1) is 12.1. The summed E-state index contributed by atoms with van der Waals surface area (Å²) in [7, 11) is 1.38. The van der Waals surface area contributed by atoms with E-state index in [0.29, 0.717) is 24.3 Å². The Hall–Kier alpha value is -2.37. The summed E-state index contributed by atoms with van der Waals surface area (Å²) >= 11 is 0. The highest BCUT2D eigenvalue weighted by molar-refractivity contribution is 5.69. The number of hydrogen-bond acceptors (Lipinski definition) is 5. The van der Waals surface area contributed by atoms with Gasteiger partial charge in [0.1, 0.15) is 0 Å². The molecule has 0 fully saturated rings. The molecule has 0 amide bonds. The topological polar surface area (TPSA) is 83.0 Å². The van der Waals surface area contributed by atoms with Crippen LogP contribution in [0.5, 0.6) is 0 Å². The van der Waals surface area contributed by atoms with Crippen molar-refractivity contribution in [3.05, 3.63) is 36.3 Å². The van der Waals surface area contributed by atoms with Gasteiger partial charge in [0.25, 0.3) is 0 Å². The molecule has 0 spiro atoms. The molecule has 2 N–H and O–H groups in total. The number of rotatable bonds is 4. The van der Waals surface area contributed by atoms with Gasteiger partial charge < -0.3 is 10.5 Å². The summed E-state index contributed by atoms with van der Waals surface area (Å²) in [6, 6.07) is 3.55. The number of esters is 1. The molecule has 0 radical (unpaired) electrons. The minimum absolute atomic E-state index is 0.228. The van der Waals surface area contributed by atoms with E-state index >= 15 is 0 Å². The highest BCUT2D eigenvalue weighted by Gasteiger charge is 2.05. The first-order chi connectivity index (χ1) is 8.69. The zero-order valence-electron chi connectivity index (χ0n) is 10.0. The van der Waals surface area contributed by atoms with Crippen molar-refractivity contribution >= 4 is 11.7 Å². The van der Waals surface area contributed by atoms with Crippen molar-refractivity contribution in [3.8, 4) is 5.82 Å². The minimum Gasteiger partial charge on any atom is -0.469 e. The van der Waals surface area contributed by atoms with Gasteiger partial charge in [0.15, 0.2) is 5.82 Å². The van der Waals surface area contributed by atoms with Crippen LogP contribution in [0.2, 0.25) is 0 Å². The first-order valence-corrected chi connectivity index (χ1v) is 5.51. The van der Waals surface area contributed by atoms with Crippen LogP contribution in [0.15, 0.2) is 30.7 Å². The minimum atomic E-state index is -0.228. The fraction of sp³-hybridized carbons (Fsp3) is 0.250. The lowest BCUT2D eigenvalue weighted by Gasteiger charge is -1.99. The molecule has 6 heteroatoms. The Morgan fingerprint density at radius 2 is 2.28 bits per heavy atom. The predicted molar refractivity (Wildman–Crippen MR) is 66.1 cm³/mol. The van der Waals surface area contributed by atoms with Crippen LogP contribution < -0.4 is 5.73 Å². The van der Waals surface area contributed by atoms with E-state index in [1.165, 1.54) is 7.11 Å². The van der Waals surface area contributed by atoms with Crippen LogP contribution in [0, 0.1) is 0 Å². The lowest BCUT2D eigenvalue weighted by atomic mass is 10.2. The fourth-order valence-corrected chi connectivity index (χ4v) is 1.50. The maximum absolute atomic E-state index is 11.0. The molecule has 0 aliphatic rings. The number of methoxy groups -OCH3 is 1. The molecule has 18 heavy (non-hydrogen) atoms. The van der Waals surface area contributed by atoms with E-state index in [1.807, 2.05) is 6.20 Å². The number of aromatic nitrogens is 3. The van der Waals surface area contributed by atoms with E-state index < -0.39 is 0 Å². The van der Waals surface area contributed by atoms with Crippen molar-refractivity contribution in [2.24, 2.45) is 0 Å². The Balaban J connectivity index is 2.06. The number of pyridine rings is 1. The summed E-state index contributed by atoms with van der Waals surface area (Å²) in [5.74, 6) is 0.460. The molecule has 2 aromatic heterocycles. The summed E-state index contributed by atoms with van der Waals surface area (Å²) in [6.07, 6.45) is 6.06. The molecule has 2 rings (SSSR count). The summed E-state index contributed by atoms with van der Waals surface area (Å²) in [4.78, 5) is 15.2. The summed E-state index contributed by atoms with van der Waals surface area (Å²) in [5, 5.41) is 4.18. The molecule has 0 unspecified atom stereocenters. The van der Waals surface area contributed by atoms with Crippen LogP contribution in [0.1, 0.15) is 12.0 Å². The zero-order valence-corrected chi connectivity index (χ0v) is 10.0. The fourth-order valence-electron chi connectivity index (χ4n) is 1.50. The number of hydrogen-bond donors (Lipinski definition) is 1. The average molecular weight is 246 g/mol. The monoisotopic (exact) mass is 246 g/mol. The van der Waals surface area contributed by atoms with Gasteiger partial charge in [0, 0.05) is 12.6 Å². The highest BCUT2D eigenvalue weighted by Crippen LogP contribution is 2.09. The molecule has 0 aromatic carbocycles. The maximum Gasteiger partial charge on any atom is 0.305 e. The van der Waals surface area contributed by atoms with Gasteiger partial charge in [-0.25, -0.2) is 9.67 Å². The standard InChI is InChI=1S/C12H14N4O2/c1-18-12(17)5-2-9-6-15-16(8-9)11-4-3-10(13)7-14-11/h3-4,6-8H,2,5,13H2,1H3. The van der Waals surface area contributed by atoms with Crippen LogP contribution >= 0.6 is 0 Å². The van der Waals surface area contributed by atoms with Crippen LogP contribution in [0.3, 0.4) is 0 Å². The molecular weight excluding hydrogens is 232 g/mol. The Labute approximate surface area is 104 Å². The number of ether oxygens (including phenoxy) is 1. The summed E-state index contributed by atoms with van der Waals surface area (Å²) < 4.78 is 6.23. The number of aryl methyl sites for hydroxylation is 1. The molecule has 2 heterocycles. The third-order valence-corrected chi connectivity index (χ3v) is 2.49. The highest BCUT2D eigenvalue weighted by atomic mass is 16.5. The van der Waals surface area contributed by atoms with Gasteiger partial charge in [-0.1, -0.05) is 0 Å². The number of anilines is 1. The Morgan fingerprint density at radius 3 is 2.94 bits per heavy atom. The summed E-state index contributed by atoms with van der Waals surface area (Å²) in [6.45, 7) is 0. The zero-order chi connectivity index (χ0) is 13.0. The molecule has 0 saturated heterocycles. The van der Waals surface area contributed by atoms with E-state index in [2.05, 4.69) is 14.8 Å². The van der Waals surface area contributed by atoms with E-state index in [9.17, 15) is 4.79 Å². The molecule has 94 valence electrons. The Kier molecular flexibility index (Phi) is 3.57. The third kappa shape index (κ3) is 2.85. The van der Waals surface area contributed by atoms with Crippen molar-refractivity contribution in [1.82, 2.24) is 14.8 Å².